The maximum atomic E-state index is 14.1. The predicted octanol–water partition coefficient (Wildman–Crippen LogP) is 4.48. The molecule has 1 aliphatic heterocycles. The highest BCUT2D eigenvalue weighted by atomic mass is 32.2. The molecule has 9 heteroatoms. The molecular formula is C21H28FN5O2S. The first-order chi connectivity index (χ1) is 14.2. The molecule has 2 aromatic rings. The number of halogens is 1. The van der Waals surface area contributed by atoms with Gasteiger partial charge in [0.15, 0.2) is 0 Å². The van der Waals surface area contributed by atoms with Crippen LogP contribution in [-0.4, -0.2) is 39.7 Å². The maximum absolute atomic E-state index is 14.1. The molecule has 0 atom stereocenters. The molecule has 3 amide bonds. The Balaban J connectivity index is 1.70. The fraction of sp³-hybridized carbons (Fsp3) is 0.476. The summed E-state index contributed by atoms with van der Waals surface area (Å²) in [5.41, 5.74) is 2.62. The third-order valence-corrected chi connectivity index (χ3v) is 5.81. The van der Waals surface area contributed by atoms with Crippen LogP contribution in [0.5, 0.6) is 0 Å². The second-order valence-electron chi connectivity index (χ2n) is 8.06. The summed E-state index contributed by atoms with van der Waals surface area (Å²) in [5, 5.41) is 7.68. The summed E-state index contributed by atoms with van der Waals surface area (Å²) >= 11 is 1.03. The summed E-state index contributed by atoms with van der Waals surface area (Å²) in [4.78, 5) is 26.7. The molecule has 1 aromatic heterocycles. The summed E-state index contributed by atoms with van der Waals surface area (Å²) in [6, 6.07) is 4.16. The van der Waals surface area contributed by atoms with Gasteiger partial charge in [0.05, 0.1) is 0 Å². The van der Waals surface area contributed by atoms with Gasteiger partial charge in [0.1, 0.15) is 16.5 Å². The van der Waals surface area contributed by atoms with E-state index in [4.69, 9.17) is 0 Å². The van der Waals surface area contributed by atoms with E-state index in [0.717, 1.165) is 42.6 Å². The van der Waals surface area contributed by atoms with Gasteiger partial charge in [-0.2, -0.15) is 5.10 Å². The third kappa shape index (κ3) is 4.77. The molecule has 3 rings (SSSR count). The lowest BCUT2D eigenvalue weighted by Gasteiger charge is -2.30. The number of urea groups is 1. The number of hydrogen-bond donors (Lipinski definition) is 2. The fourth-order valence-electron chi connectivity index (χ4n) is 3.31. The van der Waals surface area contributed by atoms with Crippen molar-refractivity contribution in [2.45, 2.75) is 51.0 Å². The topological polar surface area (TPSA) is 79.3 Å². The van der Waals surface area contributed by atoms with E-state index in [0.29, 0.717) is 16.4 Å². The Morgan fingerprint density at radius 1 is 1.10 bits per heavy atom. The summed E-state index contributed by atoms with van der Waals surface area (Å²) in [6.45, 7) is 9.37. The molecule has 2 N–H and O–H groups in total. The quantitative estimate of drug-likeness (QED) is 0.659. The van der Waals surface area contributed by atoms with Gasteiger partial charge in [0, 0.05) is 43.8 Å². The predicted molar refractivity (Wildman–Crippen MR) is 116 cm³/mol. The number of nitrogens with one attached hydrogen (secondary N) is 2. The lowest BCUT2D eigenvalue weighted by atomic mass is 9.92. The van der Waals surface area contributed by atoms with Gasteiger partial charge in [-0.1, -0.05) is 27.7 Å². The Kier molecular flexibility index (Phi) is 6.70. The minimum absolute atomic E-state index is 0.0482. The number of aryl methyl sites for hydroxylation is 1. The molecule has 1 aliphatic rings. The number of anilines is 1. The van der Waals surface area contributed by atoms with Crippen molar-refractivity contribution >= 4 is 29.6 Å². The zero-order chi connectivity index (χ0) is 22.0. The summed E-state index contributed by atoms with van der Waals surface area (Å²) in [7, 11) is 1.71. The van der Waals surface area contributed by atoms with Crippen LogP contribution in [0, 0.1) is 5.82 Å². The van der Waals surface area contributed by atoms with Crippen LogP contribution < -0.4 is 10.0 Å². The highest BCUT2D eigenvalue weighted by Gasteiger charge is 2.25. The van der Waals surface area contributed by atoms with Crippen molar-refractivity contribution in [3.05, 3.63) is 40.8 Å². The minimum atomic E-state index is -0.434. The molecule has 0 bridgehead atoms. The van der Waals surface area contributed by atoms with Crippen LogP contribution in [0.1, 0.15) is 67.6 Å². The molecule has 0 aliphatic carbocycles. The molecular weight excluding hydrogens is 405 g/mol. The van der Waals surface area contributed by atoms with Crippen molar-refractivity contribution in [1.82, 2.24) is 19.4 Å². The van der Waals surface area contributed by atoms with E-state index in [1.54, 1.807) is 18.0 Å². The van der Waals surface area contributed by atoms with E-state index in [1.807, 2.05) is 27.7 Å². The molecule has 30 heavy (non-hydrogen) atoms. The van der Waals surface area contributed by atoms with Crippen molar-refractivity contribution < 1.29 is 14.0 Å². The highest BCUT2D eigenvalue weighted by molar-refractivity contribution is 7.97. The largest absolute Gasteiger partial charge is 0.337 e. The Bertz CT molecular complexity index is 924. The summed E-state index contributed by atoms with van der Waals surface area (Å²) < 4.78 is 18.3. The van der Waals surface area contributed by atoms with Gasteiger partial charge in [-0.25, -0.2) is 9.18 Å². The zero-order valence-corrected chi connectivity index (χ0v) is 18.8. The van der Waals surface area contributed by atoms with E-state index in [-0.39, 0.29) is 23.6 Å². The highest BCUT2D eigenvalue weighted by Crippen LogP contribution is 2.33. The van der Waals surface area contributed by atoms with E-state index < -0.39 is 6.03 Å². The molecule has 1 saturated heterocycles. The SMILES string of the molecule is CC(C)c1cc(F)cc(C(C)C)c1NC(=O)NSc1cc(C(=O)N2CCC2)n(C)n1. The molecule has 1 fully saturated rings. The smallest absolute Gasteiger partial charge is 0.329 e. The molecule has 0 spiro atoms. The number of rotatable bonds is 6. The van der Waals surface area contributed by atoms with Crippen molar-refractivity contribution in [2.75, 3.05) is 18.4 Å². The van der Waals surface area contributed by atoms with Crippen LogP contribution in [0.2, 0.25) is 0 Å². The van der Waals surface area contributed by atoms with Gasteiger partial charge < -0.3 is 10.2 Å². The van der Waals surface area contributed by atoms with E-state index in [9.17, 15) is 14.0 Å². The van der Waals surface area contributed by atoms with Gasteiger partial charge in [-0.15, -0.1) is 0 Å². The third-order valence-electron chi connectivity index (χ3n) is 5.11. The average molecular weight is 434 g/mol. The Morgan fingerprint density at radius 3 is 2.20 bits per heavy atom. The fourth-order valence-corrected chi connectivity index (χ4v) is 3.90. The Hall–Kier alpha value is -2.55. The molecule has 0 saturated carbocycles. The zero-order valence-electron chi connectivity index (χ0n) is 18.0. The van der Waals surface area contributed by atoms with Crippen molar-refractivity contribution in [3.63, 3.8) is 0 Å². The number of aromatic nitrogens is 2. The van der Waals surface area contributed by atoms with Crippen LogP contribution in [0.3, 0.4) is 0 Å². The molecule has 1 aromatic carbocycles. The van der Waals surface area contributed by atoms with Gasteiger partial charge in [-0.3, -0.25) is 14.2 Å². The van der Waals surface area contributed by atoms with Crippen molar-refractivity contribution in [1.29, 1.82) is 0 Å². The number of carbonyl (C=O) groups is 2. The maximum Gasteiger partial charge on any atom is 0.329 e. The first-order valence-corrected chi connectivity index (χ1v) is 10.9. The lowest BCUT2D eigenvalue weighted by molar-refractivity contribution is 0.0640. The average Bonchev–Trinajstić information content (AvgIpc) is 3.00. The van der Waals surface area contributed by atoms with E-state index >= 15 is 0 Å². The second kappa shape index (κ2) is 9.07. The number of nitrogens with zero attached hydrogens (tertiary/aromatic N) is 3. The second-order valence-corrected chi connectivity index (χ2v) is 8.89. The van der Waals surface area contributed by atoms with Gasteiger partial charge in [0.25, 0.3) is 5.91 Å². The lowest BCUT2D eigenvalue weighted by Crippen LogP contribution is -2.42. The number of likely N-dealkylation sites (tertiary alicyclic amines) is 1. The Morgan fingerprint density at radius 2 is 1.70 bits per heavy atom. The normalized spacial score (nSPS) is 13.5. The monoisotopic (exact) mass is 433 g/mol. The summed E-state index contributed by atoms with van der Waals surface area (Å²) in [6.07, 6.45) is 1.02. The van der Waals surface area contributed by atoms with Crippen LogP contribution in [0.15, 0.2) is 23.2 Å². The number of hydrogen-bond acceptors (Lipinski definition) is 4. The standard InChI is InChI=1S/C21H28FN5O2S/c1-12(2)15-9-14(22)10-16(13(3)4)19(15)23-21(29)25-30-18-11-17(26(5)24-18)20(28)27-7-6-8-27/h9-13H,6-8H2,1-5H3,(H2,23,25,29). The number of benzene rings is 1. The van der Waals surface area contributed by atoms with Crippen LogP contribution in [-0.2, 0) is 7.05 Å². The van der Waals surface area contributed by atoms with Crippen LogP contribution in [0.25, 0.3) is 0 Å². The Labute approximate surface area is 180 Å². The van der Waals surface area contributed by atoms with Gasteiger partial charge in [0.2, 0.25) is 0 Å². The minimum Gasteiger partial charge on any atom is -0.337 e. The molecule has 162 valence electrons. The molecule has 2 heterocycles. The number of carbonyl (C=O) groups excluding carboxylic acids is 2. The van der Waals surface area contributed by atoms with E-state index in [2.05, 4.69) is 15.1 Å². The molecule has 0 unspecified atom stereocenters. The van der Waals surface area contributed by atoms with Crippen molar-refractivity contribution in [3.8, 4) is 0 Å². The molecule has 7 nitrogen and oxygen atoms in total. The van der Waals surface area contributed by atoms with Crippen LogP contribution in [0.4, 0.5) is 14.9 Å². The van der Waals surface area contributed by atoms with E-state index in [1.165, 1.54) is 16.8 Å². The van der Waals surface area contributed by atoms with Gasteiger partial charge in [-0.05, 0) is 41.5 Å². The van der Waals surface area contributed by atoms with Crippen LogP contribution >= 0.6 is 11.9 Å². The van der Waals surface area contributed by atoms with Crippen molar-refractivity contribution in [2.24, 2.45) is 7.05 Å². The number of amides is 3. The first kappa shape index (κ1) is 22.1. The summed E-state index contributed by atoms with van der Waals surface area (Å²) in [5.74, 6) is -0.267. The molecule has 0 radical (unpaired) electrons. The van der Waals surface area contributed by atoms with Gasteiger partial charge >= 0.3 is 6.03 Å². The first-order valence-electron chi connectivity index (χ1n) is 10.1.